The van der Waals surface area contributed by atoms with Gasteiger partial charge in [0.25, 0.3) is 0 Å². The van der Waals surface area contributed by atoms with E-state index in [9.17, 15) is 19.2 Å². The maximum Gasteiger partial charge on any atom is 0.355 e. The van der Waals surface area contributed by atoms with Crippen molar-refractivity contribution in [2.24, 2.45) is 0 Å². The van der Waals surface area contributed by atoms with Crippen LogP contribution in [0.25, 0.3) is 10.9 Å². The summed E-state index contributed by atoms with van der Waals surface area (Å²) in [4.78, 5) is 55.4. The predicted octanol–water partition coefficient (Wildman–Crippen LogP) is 3.08. The summed E-state index contributed by atoms with van der Waals surface area (Å²) in [7, 11) is 0. The maximum atomic E-state index is 12.8. The Balaban J connectivity index is 1.83. The summed E-state index contributed by atoms with van der Waals surface area (Å²) in [5, 5.41) is 0.446. The van der Waals surface area contributed by atoms with E-state index in [1.807, 2.05) is 0 Å². The fourth-order valence-electron chi connectivity index (χ4n) is 3.29. The van der Waals surface area contributed by atoms with Gasteiger partial charge < -0.3 is 19.4 Å². The van der Waals surface area contributed by atoms with E-state index in [2.05, 4.69) is 9.97 Å². The molecule has 2 N–H and O–H groups in total. The van der Waals surface area contributed by atoms with Crippen LogP contribution in [0.5, 0.6) is 0 Å². The molecule has 0 aliphatic carbocycles. The average molecular weight is 410 g/mol. The van der Waals surface area contributed by atoms with E-state index in [1.54, 1.807) is 45.0 Å². The molecule has 8 nitrogen and oxygen atoms in total. The SMILES string of the molecule is CCOC(=O)c1c(C)[nH]c(C(=O)[C@@H](C)OC(=O)c2cc(=O)c3ccccc3[nH]2)c1C. The number of ether oxygens (including phenoxy) is 2. The minimum Gasteiger partial charge on any atom is -0.462 e. The number of para-hydroxylation sites is 1. The number of rotatable bonds is 6. The van der Waals surface area contributed by atoms with Crippen LogP contribution in [0, 0.1) is 13.8 Å². The van der Waals surface area contributed by atoms with Gasteiger partial charge in [0.15, 0.2) is 11.5 Å². The molecule has 8 heteroatoms. The van der Waals surface area contributed by atoms with Crippen LogP contribution in [-0.4, -0.2) is 40.4 Å². The topological polar surface area (TPSA) is 118 Å². The molecule has 2 heterocycles. The second-order valence-electron chi connectivity index (χ2n) is 6.85. The normalized spacial score (nSPS) is 11.9. The Morgan fingerprint density at radius 1 is 1.07 bits per heavy atom. The Morgan fingerprint density at radius 2 is 1.77 bits per heavy atom. The zero-order valence-electron chi connectivity index (χ0n) is 17.1. The van der Waals surface area contributed by atoms with Crippen molar-refractivity contribution >= 4 is 28.6 Å². The summed E-state index contributed by atoms with van der Waals surface area (Å²) < 4.78 is 10.3. The van der Waals surface area contributed by atoms with Gasteiger partial charge >= 0.3 is 11.9 Å². The first-order chi connectivity index (χ1) is 14.2. The van der Waals surface area contributed by atoms with Gasteiger partial charge in [-0.1, -0.05) is 12.1 Å². The second kappa shape index (κ2) is 8.36. The highest BCUT2D eigenvalue weighted by Gasteiger charge is 2.28. The van der Waals surface area contributed by atoms with Crippen molar-refractivity contribution in [3.05, 3.63) is 68.8 Å². The van der Waals surface area contributed by atoms with Gasteiger partial charge in [0.2, 0.25) is 5.78 Å². The zero-order chi connectivity index (χ0) is 22.0. The number of ketones is 1. The fourth-order valence-corrected chi connectivity index (χ4v) is 3.29. The molecule has 0 unspecified atom stereocenters. The molecule has 156 valence electrons. The molecule has 0 aliphatic rings. The lowest BCUT2D eigenvalue weighted by atomic mass is 10.1. The molecule has 0 aliphatic heterocycles. The number of hydrogen-bond acceptors (Lipinski definition) is 6. The molecule has 30 heavy (non-hydrogen) atoms. The van der Waals surface area contributed by atoms with Crippen LogP contribution in [0.15, 0.2) is 35.1 Å². The zero-order valence-corrected chi connectivity index (χ0v) is 17.1. The van der Waals surface area contributed by atoms with E-state index in [0.29, 0.717) is 22.2 Å². The largest absolute Gasteiger partial charge is 0.462 e. The quantitative estimate of drug-likeness (QED) is 0.476. The number of carbonyl (C=O) groups excluding carboxylic acids is 3. The number of Topliss-reactive ketones (excluding diaryl/α,β-unsaturated/α-hetero) is 1. The standard InChI is InChI=1S/C22H22N2O6/c1-5-29-22(28)18-11(2)19(23-12(18)3)20(26)13(4)30-21(27)16-10-17(25)14-8-6-7-9-15(14)24-16/h6-10,13,23H,5H2,1-4H3,(H,24,25)/t13-/m1/s1. The first-order valence-corrected chi connectivity index (χ1v) is 9.48. The number of nitrogens with one attached hydrogen (secondary N) is 2. The van der Waals surface area contributed by atoms with Crippen LogP contribution in [0.3, 0.4) is 0 Å². The molecule has 2 aromatic heterocycles. The Labute approximate surface area is 172 Å². The summed E-state index contributed by atoms with van der Waals surface area (Å²) >= 11 is 0. The van der Waals surface area contributed by atoms with Crippen LogP contribution in [-0.2, 0) is 9.47 Å². The lowest BCUT2D eigenvalue weighted by Gasteiger charge is -2.12. The third-order valence-corrected chi connectivity index (χ3v) is 4.77. The van der Waals surface area contributed by atoms with Crippen molar-refractivity contribution in [2.45, 2.75) is 33.8 Å². The number of aromatic amines is 2. The van der Waals surface area contributed by atoms with Gasteiger partial charge in [-0.3, -0.25) is 9.59 Å². The Morgan fingerprint density at radius 3 is 2.47 bits per heavy atom. The van der Waals surface area contributed by atoms with Crippen LogP contribution in [0.1, 0.15) is 56.4 Å². The number of aromatic nitrogens is 2. The van der Waals surface area contributed by atoms with Gasteiger partial charge in [-0.2, -0.15) is 0 Å². The van der Waals surface area contributed by atoms with Crippen LogP contribution in [0.2, 0.25) is 0 Å². The van der Waals surface area contributed by atoms with Gasteiger partial charge in [0.1, 0.15) is 5.69 Å². The van der Waals surface area contributed by atoms with Crippen molar-refractivity contribution in [3.8, 4) is 0 Å². The summed E-state index contributed by atoms with van der Waals surface area (Å²) in [6.07, 6.45) is -1.14. The molecular formula is C22H22N2O6. The summed E-state index contributed by atoms with van der Waals surface area (Å²) in [6.45, 7) is 6.62. The minimum absolute atomic E-state index is 0.0510. The van der Waals surface area contributed by atoms with Gasteiger partial charge in [-0.15, -0.1) is 0 Å². The molecule has 0 spiro atoms. The van der Waals surface area contributed by atoms with Crippen molar-refractivity contribution in [1.82, 2.24) is 9.97 Å². The third-order valence-electron chi connectivity index (χ3n) is 4.77. The van der Waals surface area contributed by atoms with Crippen LogP contribution < -0.4 is 5.43 Å². The van der Waals surface area contributed by atoms with Gasteiger partial charge in [0, 0.05) is 22.7 Å². The Bertz CT molecular complexity index is 1200. The first kappa shape index (κ1) is 21.0. The number of aryl methyl sites for hydroxylation is 1. The van der Waals surface area contributed by atoms with Crippen molar-refractivity contribution in [3.63, 3.8) is 0 Å². The molecule has 0 amide bonds. The highest BCUT2D eigenvalue weighted by Crippen LogP contribution is 2.21. The number of carbonyl (C=O) groups is 3. The lowest BCUT2D eigenvalue weighted by Crippen LogP contribution is -2.26. The van der Waals surface area contributed by atoms with E-state index >= 15 is 0 Å². The van der Waals surface area contributed by atoms with Crippen LogP contribution >= 0.6 is 0 Å². The molecule has 0 bridgehead atoms. The van der Waals surface area contributed by atoms with E-state index in [0.717, 1.165) is 6.07 Å². The van der Waals surface area contributed by atoms with E-state index in [4.69, 9.17) is 9.47 Å². The Hall–Kier alpha value is -3.68. The molecule has 1 aromatic carbocycles. The number of fused-ring (bicyclic) bond motifs is 1. The number of benzene rings is 1. The first-order valence-electron chi connectivity index (χ1n) is 9.48. The molecule has 3 rings (SSSR count). The smallest absolute Gasteiger partial charge is 0.355 e. The molecule has 0 fully saturated rings. The number of hydrogen-bond donors (Lipinski definition) is 2. The van der Waals surface area contributed by atoms with E-state index in [1.165, 1.54) is 6.92 Å². The highest BCUT2D eigenvalue weighted by atomic mass is 16.5. The van der Waals surface area contributed by atoms with Gasteiger partial charge in [-0.25, -0.2) is 9.59 Å². The monoisotopic (exact) mass is 410 g/mol. The lowest BCUT2D eigenvalue weighted by molar-refractivity contribution is 0.0311. The number of pyridine rings is 1. The number of H-pyrrole nitrogens is 2. The average Bonchev–Trinajstić information content (AvgIpc) is 3.01. The van der Waals surface area contributed by atoms with E-state index in [-0.39, 0.29) is 29.0 Å². The maximum absolute atomic E-state index is 12.8. The molecule has 0 saturated carbocycles. The number of esters is 2. The summed E-state index contributed by atoms with van der Waals surface area (Å²) in [5.41, 5.74) is 1.49. The van der Waals surface area contributed by atoms with Crippen molar-refractivity contribution < 1.29 is 23.9 Å². The minimum atomic E-state index is -1.14. The van der Waals surface area contributed by atoms with Crippen LogP contribution in [0.4, 0.5) is 0 Å². The molecule has 0 saturated heterocycles. The van der Waals surface area contributed by atoms with Crippen molar-refractivity contribution in [2.75, 3.05) is 6.61 Å². The molecule has 1 atom stereocenters. The van der Waals surface area contributed by atoms with Gasteiger partial charge in [-0.05, 0) is 45.4 Å². The molecule has 3 aromatic rings. The second-order valence-corrected chi connectivity index (χ2v) is 6.85. The van der Waals surface area contributed by atoms with Crippen molar-refractivity contribution in [1.29, 1.82) is 0 Å². The molecule has 0 radical (unpaired) electrons. The summed E-state index contributed by atoms with van der Waals surface area (Å²) in [5.74, 6) is -1.85. The predicted molar refractivity (Wildman–Crippen MR) is 110 cm³/mol. The summed E-state index contributed by atoms with van der Waals surface area (Å²) in [6, 6.07) is 7.92. The Kier molecular flexibility index (Phi) is 5.86. The third kappa shape index (κ3) is 3.89. The molecular weight excluding hydrogens is 388 g/mol. The van der Waals surface area contributed by atoms with Gasteiger partial charge in [0.05, 0.1) is 17.9 Å². The van der Waals surface area contributed by atoms with E-state index < -0.39 is 23.8 Å². The highest BCUT2D eigenvalue weighted by molar-refractivity contribution is 6.04. The fraction of sp³-hybridized carbons (Fsp3) is 0.273.